The van der Waals surface area contributed by atoms with Crippen LogP contribution in [0, 0.1) is 0 Å². The smallest absolute Gasteiger partial charge is 0.274 e. The Kier molecular flexibility index (Phi) is 5.43. The Morgan fingerprint density at radius 2 is 1.72 bits per heavy atom. The number of carbonyl (C=O) groups excluding carboxylic acids is 1. The molecule has 3 aromatic rings. The van der Waals surface area contributed by atoms with Crippen LogP contribution in [0.25, 0.3) is 11.1 Å². The fraction of sp³-hybridized carbons (Fsp3) is 0.304. The molecule has 1 fully saturated rings. The Balaban J connectivity index is 0.00000205. The van der Waals surface area contributed by atoms with Gasteiger partial charge >= 0.3 is 0 Å². The maximum atomic E-state index is 13.3. The maximum Gasteiger partial charge on any atom is 0.274 e. The molecule has 1 aliphatic heterocycles. The lowest BCUT2D eigenvalue weighted by molar-refractivity contribution is 0.0750. The number of nitrogens with one attached hydrogen (secondary N) is 1. The highest BCUT2D eigenvalue weighted by Crippen LogP contribution is 2.45. The van der Waals surface area contributed by atoms with Crippen molar-refractivity contribution < 1.29 is 4.79 Å². The van der Waals surface area contributed by atoms with Gasteiger partial charge in [-0.2, -0.15) is 5.10 Å². The topological polar surface area (TPSA) is 50.2 Å². The summed E-state index contributed by atoms with van der Waals surface area (Å²) in [4.78, 5) is 15.1. The highest BCUT2D eigenvalue weighted by Gasteiger charge is 2.34. The first-order chi connectivity index (χ1) is 13.7. The number of aromatic nitrogens is 2. The lowest BCUT2D eigenvalue weighted by Gasteiger charge is -2.26. The SMILES string of the molecule is CN(C(=O)c1ccn(C2CCCNC2)n1)C1c2ccccc2-c2ccccc21.Cl. The largest absolute Gasteiger partial charge is 0.329 e. The van der Waals surface area contributed by atoms with E-state index in [4.69, 9.17) is 0 Å². The van der Waals surface area contributed by atoms with Gasteiger partial charge in [-0.05, 0) is 47.7 Å². The van der Waals surface area contributed by atoms with Gasteiger partial charge in [-0.25, -0.2) is 0 Å². The Bertz CT molecular complexity index is 979. The second-order valence-corrected chi connectivity index (χ2v) is 7.67. The van der Waals surface area contributed by atoms with Crippen LogP contribution in [0.15, 0.2) is 60.8 Å². The molecule has 0 radical (unpaired) electrons. The van der Waals surface area contributed by atoms with Crippen molar-refractivity contribution in [3.8, 4) is 11.1 Å². The third-order valence-corrected chi connectivity index (χ3v) is 5.98. The van der Waals surface area contributed by atoms with Gasteiger partial charge in [-0.15, -0.1) is 12.4 Å². The molecule has 1 N–H and O–H groups in total. The molecule has 2 aliphatic rings. The molecule has 2 aromatic carbocycles. The van der Waals surface area contributed by atoms with Crippen LogP contribution in [-0.4, -0.2) is 40.7 Å². The molecular formula is C23H25ClN4O. The summed E-state index contributed by atoms with van der Waals surface area (Å²) in [6.07, 6.45) is 4.18. The summed E-state index contributed by atoms with van der Waals surface area (Å²) in [5.74, 6) is -0.0426. The van der Waals surface area contributed by atoms with Gasteiger partial charge in [0.1, 0.15) is 5.69 Å². The van der Waals surface area contributed by atoms with Gasteiger partial charge in [-0.1, -0.05) is 48.5 Å². The van der Waals surface area contributed by atoms with E-state index in [9.17, 15) is 4.79 Å². The molecule has 0 saturated carbocycles. The van der Waals surface area contributed by atoms with Crippen LogP contribution in [0.2, 0.25) is 0 Å². The molecule has 1 aromatic heterocycles. The second kappa shape index (κ2) is 8.01. The van der Waals surface area contributed by atoms with Gasteiger partial charge in [0.2, 0.25) is 0 Å². The molecule has 1 saturated heterocycles. The van der Waals surface area contributed by atoms with Gasteiger partial charge in [0.05, 0.1) is 12.1 Å². The molecule has 1 aliphatic carbocycles. The average Bonchev–Trinajstić information content (AvgIpc) is 3.37. The molecule has 0 bridgehead atoms. The number of hydrogen-bond acceptors (Lipinski definition) is 3. The molecule has 29 heavy (non-hydrogen) atoms. The van der Waals surface area contributed by atoms with E-state index in [0.717, 1.165) is 25.9 Å². The van der Waals surface area contributed by atoms with Crippen molar-refractivity contribution >= 4 is 18.3 Å². The molecule has 150 valence electrons. The normalized spacial score (nSPS) is 17.9. The van der Waals surface area contributed by atoms with E-state index in [1.54, 1.807) is 0 Å². The molecule has 6 heteroatoms. The molecule has 1 amide bonds. The van der Waals surface area contributed by atoms with Crippen molar-refractivity contribution in [1.82, 2.24) is 20.0 Å². The highest BCUT2D eigenvalue weighted by atomic mass is 35.5. The van der Waals surface area contributed by atoms with Crippen molar-refractivity contribution in [2.75, 3.05) is 20.1 Å². The number of hydrogen-bond donors (Lipinski definition) is 1. The monoisotopic (exact) mass is 408 g/mol. The molecule has 1 atom stereocenters. The number of piperidine rings is 1. The molecular weight excluding hydrogens is 384 g/mol. The van der Waals surface area contributed by atoms with Crippen LogP contribution in [0.3, 0.4) is 0 Å². The minimum atomic E-state index is -0.0820. The standard InChI is InChI=1S/C23H24N4O.ClH/c1-26(23(28)21-12-14-27(25-21)16-7-6-13-24-15-16)22-19-10-4-2-8-17(19)18-9-3-5-11-20(18)22;/h2-5,8-12,14,16,22,24H,6-7,13,15H2,1H3;1H. The average molecular weight is 409 g/mol. The van der Waals surface area contributed by atoms with E-state index in [2.05, 4.69) is 46.8 Å². The number of halogens is 1. The van der Waals surface area contributed by atoms with Gasteiger partial charge in [0, 0.05) is 19.8 Å². The number of nitrogens with zero attached hydrogens (tertiary/aromatic N) is 3. The Morgan fingerprint density at radius 3 is 2.34 bits per heavy atom. The van der Waals surface area contributed by atoms with E-state index < -0.39 is 0 Å². The Morgan fingerprint density at radius 1 is 1.07 bits per heavy atom. The summed E-state index contributed by atoms with van der Waals surface area (Å²) in [5.41, 5.74) is 5.28. The zero-order valence-corrected chi connectivity index (χ0v) is 17.2. The van der Waals surface area contributed by atoms with Crippen LogP contribution in [0.5, 0.6) is 0 Å². The second-order valence-electron chi connectivity index (χ2n) is 7.67. The number of rotatable bonds is 3. The molecule has 0 spiro atoms. The zero-order valence-electron chi connectivity index (χ0n) is 16.4. The van der Waals surface area contributed by atoms with Gasteiger partial charge in [0.25, 0.3) is 5.91 Å². The minimum Gasteiger partial charge on any atom is -0.329 e. The van der Waals surface area contributed by atoms with Crippen LogP contribution in [0.1, 0.15) is 46.5 Å². The third kappa shape index (κ3) is 3.34. The highest BCUT2D eigenvalue weighted by molar-refractivity contribution is 5.93. The van der Waals surface area contributed by atoms with Crippen molar-refractivity contribution in [1.29, 1.82) is 0 Å². The lowest BCUT2D eigenvalue weighted by atomic mass is 10.0. The van der Waals surface area contributed by atoms with E-state index in [-0.39, 0.29) is 24.4 Å². The maximum absolute atomic E-state index is 13.3. The zero-order chi connectivity index (χ0) is 19.1. The van der Waals surface area contributed by atoms with Crippen molar-refractivity contribution in [3.05, 3.63) is 77.6 Å². The first kappa shape index (κ1) is 19.7. The number of carbonyl (C=O) groups is 1. The van der Waals surface area contributed by atoms with Gasteiger partial charge in [-0.3, -0.25) is 9.48 Å². The van der Waals surface area contributed by atoms with E-state index >= 15 is 0 Å². The van der Waals surface area contributed by atoms with Crippen LogP contribution in [-0.2, 0) is 0 Å². The summed E-state index contributed by atoms with van der Waals surface area (Å²) in [5, 5.41) is 8.03. The van der Waals surface area contributed by atoms with Crippen LogP contribution >= 0.6 is 12.4 Å². The number of fused-ring (bicyclic) bond motifs is 3. The third-order valence-electron chi connectivity index (χ3n) is 5.98. The Hall–Kier alpha value is -2.63. The van der Waals surface area contributed by atoms with Crippen LogP contribution < -0.4 is 5.32 Å². The van der Waals surface area contributed by atoms with Crippen molar-refractivity contribution in [3.63, 3.8) is 0 Å². The van der Waals surface area contributed by atoms with E-state index in [1.807, 2.05) is 41.0 Å². The predicted molar refractivity (Wildman–Crippen MR) is 116 cm³/mol. The van der Waals surface area contributed by atoms with E-state index in [1.165, 1.54) is 22.3 Å². The van der Waals surface area contributed by atoms with Crippen molar-refractivity contribution in [2.24, 2.45) is 0 Å². The van der Waals surface area contributed by atoms with Gasteiger partial charge < -0.3 is 10.2 Å². The van der Waals surface area contributed by atoms with Gasteiger partial charge in [0.15, 0.2) is 0 Å². The fourth-order valence-corrected chi connectivity index (χ4v) is 4.56. The molecule has 5 nitrogen and oxygen atoms in total. The molecule has 5 rings (SSSR count). The first-order valence-corrected chi connectivity index (χ1v) is 9.95. The summed E-state index contributed by atoms with van der Waals surface area (Å²) in [6, 6.07) is 18.8. The summed E-state index contributed by atoms with van der Waals surface area (Å²) >= 11 is 0. The predicted octanol–water partition coefficient (Wildman–Crippen LogP) is 4.07. The number of benzene rings is 2. The quantitative estimate of drug-likeness (QED) is 0.710. The lowest BCUT2D eigenvalue weighted by Crippen LogP contribution is -2.33. The number of amides is 1. The van der Waals surface area contributed by atoms with Crippen molar-refractivity contribution in [2.45, 2.75) is 24.9 Å². The Labute approximate surface area is 177 Å². The fourth-order valence-electron chi connectivity index (χ4n) is 4.56. The molecule has 2 heterocycles. The summed E-state index contributed by atoms with van der Waals surface area (Å²) in [6.45, 7) is 1.97. The summed E-state index contributed by atoms with van der Waals surface area (Å²) < 4.78 is 1.95. The first-order valence-electron chi connectivity index (χ1n) is 9.95. The van der Waals surface area contributed by atoms with E-state index in [0.29, 0.717) is 11.7 Å². The molecule has 1 unspecified atom stereocenters. The summed E-state index contributed by atoms with van der Waals surface area (Å²) in [7, 11) is 1.88. The van der Waals surface area contributed by atoms with Crippen LogP contribution in [0.4, 0.5) is 0 Å². The minimum absolute atomic E-state index is 0.